The van der Waals surface area contributed by atoms with E-state index in [2.05, 4.69) is 10.3 Å². The van der Waals surface area contributed by atoms with Crippen molar-refractivity contribution >= 4 is 21.6 Å². The predicted molar refractivity (Wildman–Crippen MR) is 61.7 cm³/mol. The van der Waals surface area contributed by atoms with E-state index < -0.39 is 26.4 Å². The molecule has 0 aliphatic rings. The van der Waals surface area contributed by atoms with Gasteiger partial charge < -0.3 is 5.32 Å². The summed E-state index contributed by atoms with van der Waals surface area (Å²) in [6.45, 7) is 2.55. The summed E-state index contributed by atoms with van der Waals surface area (Å²) in [5.74, 6) is -1.52. The molecule has 17 heavy (non-hydrogen) atoms. The molecule has 0 atom stereocenters. The summed E-state index contributed by atoms with van der Waals surface area (Å²) < 4.78 is 34.0. The maximum atomic E-state index is 12.8. The van der Waals surface area contributed by atoms with E-state index in [9.17, 15) is 17.6 Å². The van der Waals surface area contributed by atoms with Crippen LogP contribution in [0.1, 0.15) is 13.8 Å². The van der Waals surface area contributed by atoms with Crippen molar-refractivity contribution < 1.29 is 17.6 Å². The fourth-order valence-electron chi connectivity index (χ4n) is 0.913. The smallest absolute Gasteiger partial charge is 0.246 e. The van der Waals surface area contributed by atoms with Crippen LogP contribution in [0.15, 0.2) is 18.2 Å². The van der Waals surface area contributed by atoms with Crippen molar-refractivity contribution in [2.24, 2.45) is 0 Å². The number of rotatable bonds is 3. The van der Waals surface area contributed by atoms with Crippen LogP contribution in [0.25, 0.3) is 0 Å². The van der Waals surface area contributed by atoms with Gasteiger partial charge in [-0.2, -0.15) is 4.39 Å². The van der Waals surface area contributed by atoms with Crippen LogP contribution in [0.5, 0.6) is 0 Å². The van der Waals surface area contributed by atoms with Crippen LogP contribution in [0.4, 0.5) is 10.2 Å². The lowest BCUT2D eigenvalue weighted by molar-refractivity contribution is -0.117. The van der Waals surface area contributed by atoms with Crippen molar-refractivity contribution in [3.05, 3.63) is 24.1 Å². The molecule has 0 aromatic carbocycles. The molecule has 0 aliphatic carbocycles. The molecule has 0 spiro atoms. The van der Waals surface area contributed by atoms with E-state index in [1.807, 2.05) is 0 Å². The van der Waals surface area contributed by atoms with Gasteiger partial charge in [0.1, 0.15) is 10.6 Å². The Morgan fingerprint density at radius 2 is 2.00 bits per heavy atom. The van der Waals surface area contributed by atoms with E-state index >= 15 is 0 Å². The molecule has 0 saturated carbocycles. The van der Waals surface area contributed by atoms with Gasteiger partial charge in [0.25, 0.3) is 0 Å². The van der Waals surface area contributed by atoms with E-state index in [0.717, 1.165) is 12.3 Å². The molecule has 7 heteroatoms. The lowest BCUT2D eigenvalue weighted by atomic mass is 10.2. The molecule has 1 amide bonds. The minimum Gasteiger partial charge on any atom is -0.309 e. The number of nitrogens with one attached hydrogen (secondary N) is 1. The number of aromatic nitrogens is 1. The van der Waals surface area contributed by atoms with Crippen LogP contribution in [0.2, 0.25) is 0 Å². The van der Waals surface area contributed by atoms with Crippen LogP contribution < -0.4 is 5.32 Å². The lowest BCUT2D eigenvalue weighted by Crippen LogP contribution is -2.44. The van der Waals surface area contributed by atoms with Crippen LogP contribution in [0, 0.1) is 5.95 Å². The third kappa shape index (κ3) is 3.00. The molecule has 1 aromatic rings. The van der Waals surface area contributed by atoms with Crippen molar-refractivity contribution in [1.82, 2.24) is 4.98 Å². The predicted octanol–water partition coefficient (Wildman–Crippen LogP) is 0.982. The van der Waals surface area contributed by atoms with E-state index in [0.29, 0.717) is 0 Å². The minimum atomic E-state index is -3.57. The van der Waals surface area contributed by atoms with Gasteiger partial charge in [-0.1, -0.05) is 6.07 Å². The Morgan fingerprint density at radius 1 is 1.41 bits per heavy atom. The van der Waals surface area contributed by atoms with Gasteiger partial charge in [-0.05, 0) is 26.0 Å². The highest BCUT2D eigenvalue weighted by Gasteiger charge is 2.38. The number of pyridine rings is 1. The molecule has 1 N–H and O–H groups in total. The number of hydrogen-bond donors (Lipinski definition) is 1. The number of nitrogens with zero attached hydrogens (tertiary/aromatic N) is 1. The normalized spacial score (nSPS) is 12.2. The van der Waals surface area contributed by atoms with E-state index in [1.54, 1.807) is 0 Å². The molecule has 1 rings (SSSR count). The van der Waals surface area contributed by atoms with E-state index in [-0.39, 0.29) is 5.82 Å². The summed E-state index contributed by atoms with van der Waals surface area (Å²) in [5, 5.41) is 2.26. The third-order valence-corrected chi connectivity index (χ3v) is 4.47. The number of carbonyl (C=O) groups excluding carboxylic acids is 1. The van der Waals surface area contributed by atoms with Gasteiger partial charge in [-0.15, -0.1) is 0 Å². The molecule has 0 aliphatic heterocycles. The lowest BCUT2D eigenvalue weighted by Gasteiger charge is -2.20. The van der Waals surface area contributed by atoms with Gasteiger partial charge in [-0.3, -0.25) is 4.79 Å². The standard InChI is InChI=1S/C10H13FN2O3S/c1-10(2,17(3,15)16)9(14)13-8-6-4-5-7(11)12-8/h4-6H,1-3H3,(H,12,13,14). The Balaban J connectivity index is 2.95. The van der Waals surface area contributed by atoms with Crippen molar-refractivity contribution in [2.45, 2.75) is 18.6 Å². The second-order valence-corrected chi connectivity index (χ2v) is 6.65. The first-order valence-corrected chi connectivity index (χ1v) is 6.67. The van der Waals surface area contributed by atoms with Gasteiger partial charge in [0.2, 0.25) is 11.9 Å². The first kappa shape index (κ1) is 13.6. The van der Waals surface area contributed by atoms with E-state index in [1.165, 1.54) is 26.0 Å². The molecule has 0 saturated heterocycles. The number of anilines is 1. The molecule has 0 radical (unpaired) electrons. The second kappa shape index (κ2) is 4.40. The summed E-state index contributed by atoms with van der Waals surface area (Å²) in [6, 6.07) is 3.86. The van der Waals surface area contributed by atoms with Gasteiger partial charge >= 0.3 is 0 Å². The Hall–Kier alpha value is -1.50. The third-order valence-electron chi connectivity index (χ3n) is 2.43. The maximum Gasteiger partial charge on any atom is 0.246 e. The Morgan fingerprint density at radius 3 is 2.47 bits per heavy atom. The molecular formula is C10H13FN2O3S. The summed E-state index contributed by atoms with van der Waals surface area (Å²) in [5.41, 5.74) is 0. The fourth-order valence-corrected chi connectivity index (χ4v) is 1.30. The van der Waals surface area contributed by atoms with Gasteiger partial charge in [0.15, 0.2) is 9.84 Å². The topological polar surface area (TPSA) is 76.1 Å². The van der Waals surface area contributed by atoms with E-state index in [4.69, 9.17) is 0 Å². The molecular weight excluding hydrogens is 247 g/mol. The van der Waals surface area contributed by atoms with Crippen molar-refractivity contribution in [3.63, 3.8) is 0 Å². The molecule has 1 heterocycles. The molecule has 0 unspecified atom stereocenters. The number of hydrogen-bond acceptors (Lipinski definition) is 4. The van der Waals surface area contributed by atoms with Crippen molar-refractivity contribution in [3.8, 4) is 0 Å². The maximum absolute atomic E-state index is 12.8. The fraction of sp³-hybridized carbons (Fsp3) is 0.400. The van der Waals surface area contributed by atoms with Crippen LogP contribution in [-0.2, 0) is 14.6 Å². The van der Waals surface area contributed by atoms with Crippen LogP contribution >= 0.6 is 0 Å². The monoisotopic (exact) mass is 260 g/mol. The van der Waals surface area contributed by atoms with Gasteiger partial charge in [-0.25, -0.2) is 13.4 Å². The highest BCUT2D eigenvalue weighted by atomic mass is 32.2. The highest BCUT2D eigenvalue weighted by Crippen LogP contribution is 2.17. The van der Waals surface area contributed by atoms with Crippen molar-refractivity contribution in [2.75, 3.05) is 11.6 Å². The average Bonchev–Trinajstić information content (AvgIpc) is 2.15. The number of amides is 1. The molecule has 5 nitrogen and oxygen atoms in total. The molecule has 94 valence electrons. The van der Waals surface area contributed by atoms with Gasteiger partial charge in [0.05, 0.1) is 0 Å². The Kier molecular flexibility index (Phi) is 3.51. The SMILES string of the molecule is CC(C)(C(=O)Nc1cccc(F)n1)S(C)(=O)=O. The Labute approximate surface area is 99.0 Å². The summed E-state index contributed by atoms with van der Waals surface area (Å²) in [4.78, 5) is 15.2. The first-order valence-electron chi connectivity index (χ1n) is 4.78. The van der Waals surface area contributed by atoms with Crippen molar-refractivity contribution in [1.29, 1.82) is 0 Å². The zero-order valence-electron chi connectivity index (χ0n) is 9.69. The number of carbonyl (C=O) groups is 1. The second-order valence-electron chi connectivity index (χ2n) is 4.08. The number of sulfone groups is 1. The largest absolute Gasteiger partial charge is 0.309 e. The minimum absolute atomic E-state index is 0.0216. The highest BCUT2D eigenvalue weighted by molar-refractivity contribution is 7.92. The Bertz CT molecular complexity index is 540. The summed E-state index contributed by atoms with van der Waals surface area (Å²) in [6.07, 6.45) is 0.964. The van der Waals surface area contributed by atoms with Crippen LogP contribution in [0.3, 0.4) is 0 Å². The quantitative estimate of drug-likeness (QED) is 0.822. The van der Waals surface area contributed by atoms with Gasteiger partial charge in [0, 0.05) is 6.26 Å². The molecule has 0 bridgehead atoms. The summed E-state index contributed by atoms with van der Waals surface area (Å²) >= 11 is 0. The zero-order chi connectivity index (χ0) is 13.3. The first-order chi connectivity index (χ1) is 7.64. The zero-order valence-corrected chi connectivity index (χ0v) is 10.5. The molecule has 1 aromatic heterocycles. The summed E-state index contributed by atoms with van der Waals surface area (Å²) in [7, 11) is -3.57. The molecule has 0 fully saturated rings. The number of halogens is 1. The average molecular weight is 260 g/mol. The van der Waals surface area contributed by atoms with Crippen LogP contribution in [-0.4, -0.2) is 30.3 Å².